The van der Waals surface area contributed by atoms with Gasteiger partial charge in [-0.25, -0.2) is 0 Å². The SMILES string of the molecule is C=C(NNC(=O)c1ccccc1Br)c1ccc(OC(F)F)cc1. The molecule has 0 aliphatic heterocycles. The first-order valence-electron chi connectivity index (χ1n) is 6.52. The molecule has 0 radical (unpaired) electrons. The van der Waals surface area contributed by atoms with Crippen molar-refractivity contribution in [2.45, 2.75) is 6.61 Å². The molecule has 0 unspecified atom stereocenters. The van der Waals surface area contributed by atoms with Crippen molar-refractivity contribution in [1.29, 1.82) is 0 Å². The monoisotopic (exact) mass is 382 g/mol. The molecule has 0 aromatic heterocycles. The minimum Gasteiger partial charge on any atom is -0.435 e. The first kappa shape index (κ1) is 17.0. The molecule has 0 spiro atoms. The van der Waals surface area contributed by atoms with Crippen LogP contribution in [0.15, 0.2) is 59.6 Å². The zero-order valence-electron chi connectivity index (χ0n) is 11.9. The second-order valence-electron chi connectivity index (χ2n) is 4.44. The highest BCUT2D eigenvalue weighted by Crippen LogP contribution is 2.18. The molecule has 2 aromatic carbocycles. The third-order valence-corrected chi connectivity index (χ3v) is 3.56. The molecule has 0 saturated carbocycles. The van der Waals surface area contributed by atoms with E-state index in [4.69, 9.17) is 0 Å². The van der Waals surface area contributed by atoms with Crippen LogP contribution < -0.4 is 15.6 Å². The van der Waals surface area contributed by atoms with Crippen LogP contribution in [-0.4, -0.2) is 12.5 Å². The van der Waals surface area contributed by atoms with E-state index in [1.165, 1.54) is 12.1 Å². The van der Waals surface area contributed by atoms with Crippen LogP contribution >= 0.6 is 15.9 Å². The van der Waals surface area contributed by atoms with Crippen LogP contribution in [0.5, 0.6) is 5.75 Å². The van der Waals surface area contributed by atoms with Crippen LogP contribution in [0.1, 0.15) is 15.9 Å². The number of benzene rings is 2. The smallest absolute Gasteiger partial charge is 0.387 e. The number of carbonyl (C=O) groups is 1. The zero-order chi connectivity index (χ0) is 16.8. The van der Waals surface area contributed by atoms with E-state index in [1.54, 1.807) is 36.4 Å². The quantitative estimate of drug-likeness (QED) is 0.743. The number of nitrogens with one attached hydrogen (secondary N) is 2. The van der Waals surface area contributed by atoms with E-state index in [1.807, 2.05) is 0 Å². The molecule has 0 atom stereocenters. The Morgan fingerprint density at radius 2 is 1.74 bits per heavy atom. The van der Waals surface area contributed by atoms with Crippen LogP contribution in [0.2, 0.25) is 0 Å². The van der Waals surface area contributed by atoms with Crippen molar-refractivity contribution < 1.29 is 18.3 Å². The Labute approximate surface area is 140 Å². The summed E-state index contributed by atoms with van der Waals surface area (Å²) < 4.78 is 29.1. The molecule has 2 N–H and O–H groups in total. The fourth-order valence-corrected chi connectivity index (χ4v) is 2.22. The van der Waals surface area contributed by atoms with Gasteiger partial charge in [0.05, 0.1) is 11.3 Å². The van der Waals surface area contributed by atoms with E-state index < -0.39 is 6.61 Å². The Balaban J connectivity index is 1.94. The van der Waals surface area contributed by atoms with Crippen LogP contribution in [0.3, 0.4) is 0 Å². The molecule has 0 saturated heterocycles. The average molecular weight is 383 g/mol. The van der Waals surface area contributed by atoms with Crippen molar-refractivity contribution in [2.75, 3.05) is 0 Å². The summed E-state index contributed by atoms with van der Waals surface area (Å²) in [5.41, 5.74) is 6.70. The van der Waals surface area contributed by atoms with E-state index in [-0.39, 0.29) is 11.7 Å². The van der Waals surface area contributed by atoms with Crippen LogP contribution in [0, 0.1) is 0 Å². The Kier molecular flexibility index (Phi) is 5.70. The van der Waals surface area contributed by atoms with Gasteiger partial charge in [0.2, 0.25) is 0 Å². The maximum atomic E-state index is 12.1. The summed E-state index contributed by atoms with van der Waals surface area (Å²) in [6.45, 7) is 0.907. The summed E-state index contributed by atoms with van der Waals surface area (Å²) in [7, 11) is 0. The topological polar surface area (TPSA) is 50.4 Å². The summed E-state index contributed by atoms with van der Waals surface area (Å²) in [5.74, 6) is -0.287. The van der Waals surface area contributed by atoms with Gasteiger partial charge in [-0.2, -0.15) is 8.78 Å². The molecule has 7 heteroatoms. The summed E-state index contributed by atoms with van der Waals surface area (Å²) in [5, 5.41) is 0. The van der Waals surface area contributed by atoms with E-state index in [0.29, 0.717) is 21.3 Å². The Hall–Kier alpha value is -2.41. The predicted molar refractivity (Wildman–Crippen MR) is 86.9 cm³/mol. The Morgan fingerprint density at radius 1 is 1.09 bits per heavy atom. The lowest BCUT2D eigenvalue weighted by Crippen LogP contribution is -2.36. The van der Waals surface area contributed by atoms with Gasteiger partial charge in [0.15, 0.2) is 0 Å². The lowest BCUT2D eigenvalue weighted by Gasteiger charge is -2.12. The molecule has 0 bridgehead atoms. The molecular formula is C16H13BrF2N2O2. The third kappa shape index (κ3) is 4.79. The van der Waals surface area contributed by atoms with Gasteiger partial charge in [0, 0.05) is 4.47 Å². The normalized spacial score (nSPS) is 10.3. The van der Waals surface area contributed by atoms with Gasteiger partial charge in [0.25, 0.3) is 5.91 Å². The average Bonchev–Trinajstić information content (AvgIpc) is 2.53. The number of halogens is 3. The number of carbonyl (C=O) groups excluding carboxylic acids is 1. The van der Waals surface area contributed by atoms with Gasteiger partial charge in [-0.1, -0.05) is 18.7 Å². The molecule has 4 nitrogen and oxygen atoms in total. The van der Waals surface area contributed by atoms with Gasteiger partial charge in [-0.3, -0.25) is 15.6 Å². The van der Waals surface area contributed by atoms with Crippen molar-refractivity contribution in [3.63, 3.8) is 0 Å². The summed E-state index contributed by atoms with van der Waals surface area (Å²) >= 11 is 3.29. The fraction of sp³-hybridized carbons (Fsp3) is 0.0625. The molecule has 0 aliphatic rings. The molecular weight excluding hydrogens is 370 g/mol. The van der Waals surface area contributed by atoms with Gasteiger partial charge < -0.3 is 4.74 Å². The number of rotatable bonds is 6. The molecule has 23 heavy (non-hydrogen) atoms. The predicted octanol–water partition coefficient (Wildman–Crippen LogP) is 3.96. The van der Waals surface area contributed by atoms with Crippen molar-refractivity contribution in [2.24, 2.45) is 0 Å². The first-order valence-corrected chi connectivity index (χ1v) is 7.31. The standard InChI is InChI=1S/C16H13BrF2N2O2/c1-10(11-6-8-12(9-7-11)23-16(18)19)20-21-15(22)13-4-2-3-5-14(13)17/h2-9,16,20H,1H2,(H,21,22). The van der Waals surface area contributed by atoms with E-state index in [0.717, 1.165) is 0 Å². The number of hydrogen-bond donors (Lipinski definition) is 2. The Morgan fingerprint density at radius 3 is 2.35 bits per heavy atom. The number of ether oxygens (including phenoxy) is 1. The van der Waals surface area contributed by atoms with Gasteiger partial charge in [-0.15, -0.1) is 0 Å². The number of amides is 1. The number of hydrazine groups is 1. The molecule has 0 aliphatic carbocycles. The highest BCUT2D eigenvalue weighted by Gasteiger charge is 2.09. The second kappa shape index (κ2) is 7.73. The van der Waals surface area contributed by atoms with Crippen LogP contribution in [0.25, 0.3) is 5.70 Å². The second-order valence-corrected chi connectivity index (χ2v) is 5.29. The number of alkyl halides is 2. The number of hydrogen-bond acceptors (Lipinski definition) is 3. The van der Waals surface area contributed by atoms with Crippen molar-refractivity contribution in [1.82, 2.24) is 10.9 Å². The minimum absolute atomic E-state index is 0.0498. The van der Waals surface area contributed by atoms with Gasteiger partial charge in [0.1, 0.15) is 5.75 Å². The van der Waals surface area contributed by atoms with E-state index in [9.17, 15) is 13.6 Å². The largest absolute Gasteiger partial charge is 0.435 e. The molecule has 0 fully saturated rings. The molecule has 1 amide bonds. The van der Waals surface area contributed by atoms with Crippen molar-refractivity contribution >= 4 is 27.5 Å². The molecule has 2 aromatic rings. The highest BCUT2D eigenvalue weighted by atomic mass is 79.9. The van der Waals surface area contributed by atoms with Crippen LogP contribution in [0.4, 0.5) is 8.78 Å². The first-order chi connectivity index (χ1) is 11.0. The summed E-state index contributed by atoms with van der Waals surface area (Å²) in [4.78, 5) is 12.0. The lowest BCUT2D eigenvalue weighted by atomic mass is 10.2. The lowest BCUT2D eigenvalue weighted by molar-refractivity contribution is -0.0498. The highest BCUT2D eigenvalue weighted by molar-refractivity contribution is 9.10. The molecule has 2 rings (SSSR count). The summed E-state index contributed by atoms with van der Waals surface area (Å²) in [6.07, 6.45) is 0. The van der Waals surface area contributed by atoms with Crippen molar-refractivity contribution in [3.05, 3.63) is 70.7 Å². The van der Waals surface area contributed by atoms with Crippen molar-refractivity contribution in [3.8, 4) is 5.75 Å². The maximum Gasteiger partial charge on any atom is 0.387 e. The Bertz CT molecular complexity index is 705. The van der Waals surface area contributed by atoms with E-state index in [2.05, 4.69) is 38.1 Å². The minimum atomic E-state index is -2.87. The fourth-order valence-electron chi connectivity index (χ4n) is 1.75. The van der Waals surface area contributed by atoms with E-state index >= 15 is 0 Å². The summed E-state index contributed by atoms with van der Waals surface area (Å²) in [6, 6.07) is 12.9. The van der Waals surface area contributed by atoms with Gasteiger partial charge in [-0.05, 0) is 57.9 Å². The van der Waals surface area contributed by atoms with Crippen LogP contribution in [-0.2, 0) is 0 Å². The van der Waals surface area contributed by atoms with Gasteiger partial charge >= 0.3 is 6.61 Å². The molecule has 120 valence electrons. The maximum absolute atomic E-state index is 12.1. The zero-order valence-corrected chi connectivity index (χ0v) is 13.4. The third-order valence-electron chi connectivity index (χ3n) is 2.87. The molecule has 0 heterocycles.